The molecule has 0 aliphatic heterocycles. The van der Waals surface area contributed by atoms with Crippen molar-refractivity contribution in [1.29, 1.82) is 0 Å². The van der Waals surface area contributed by atoms with E-state index in [1.807, 2.05) is 49.2 Å². The van der Waals surface area contributed by atoms with E-state index in [9.17, 15) is 13.2 Å². The lowest BCUT2D eigenvalue weighted by Crippen LogP contribution is -2.22. The maximum atomic E-state index is 12.6. The molecule has 4 rings (SSSR count). The van der Waals surface area contributed by atoms with Crippen LogP contribution in [-0.2, 0) is 23.1 Å². The maximum Gasteiger partial charge on any atom is 0.261 e. The van der Waals surface area contributed by atoms with Crippen LogP contribution in [0.3, 0.4) is 0 Å². The third kappa shape index (κ3) is 5.04. The number of aromatic nitrogens is 2. The van der Waals surface area contributed by atoms with Gasteiger partial charge in [0.1, 0.15) is 5.65 Å². The van der Waals surface area contributed by atoms with Gasteiger partial charge in [0.05, 0.1) is 10.6 Å². The van der Waals surface area contributed by atoms with Crippen LogP contribution < -0.4 is 10.3 Å². The van der Waals surface area contributed by atoms with Crippen LogP contribution in [0.4, 0.5) is 5.69 Å². The smallest absolute Gasteiger partial charge is 0.261 e. The summed E-state index contributed by atoms with van der Waals surface area (Å²) in [4.78, 5) is 19.3. The Labute approximate surface area is 187 Å². The summed E-state index contributed by atoms with van der Waals surface area (Å²) >= 11 is 0. The van der Waals surface area contributed by atoms with Crippen LogP contribution in [0.1, 0.15) is 16.8 Å². The molecule has 0 amide bonds. The first-order valence-corrected chi connectivity index (χ1v) is 11.6. The highest BCUT2D eigenvalue weighted by Gasteiger charge is 2.14. The monoisotopic (exact) mass is 448 g/mol. The molecule has 2 aromatic heterocycles. The standard InChI is InChI=1S/C24H24N4O3S/c1-18-11-12-23-25-21(14-24(29)28(23)15-18)17-27(2)16-19-7-6-8-20(13-19)26-32(30,31)22-9-4-3-5-10-22/h3-15,26H,16-17H2,1-2H3. The summed E-state index contributed by atoms with van der Waals surface area (Å²) in [6, 6.07) is 20.8. The van der Waals surface area contributed by atoms with Crippen LogP contribution in [0.5, 0.6) is 0 Å². The van der Waals surface area contributed by atoms with Crippen molar-refractivity contribution >= 4 is 21.4 Å². The minimum atomic E-state index is -3.65. The van der Waals surface area contributed by atoms with E-state index in [-0.39, 0.29) is 10.5 Å². The van der Waals surface area contributed by atoms with Gasteiger partial charge in [0.2, 0.25) is 0 Å². The predicted molar refractivity (Wildman–Crippen MR) is 125 cm³/mol. The second kappa shape index (κ2) is 8.94. The number of hydrogen-bond acceptors (Lipinski definition) is 5. The van der Waals surface area contributed by atoms with Crippen LogP contribution in [0.15, 0.2) is 88.7 Å². The molecule has 7 nitrogen and oxygen atoms in total. The Hall–Kier alpha value is -3.49. The molecule has 0 fully saturated rings. The van der Waals surface area contributed by atoms with E-state index in [1.54, 1.807) is 53.1 Å². The fourth-order valence-corrected chi connectivity index (χ4v) is 4.60. The lowest BCUT2D eigenvalue weighted by Gasteiger charge is -2.17. The molecule has 4 aromatic rings. The number of rotatable bonds is 7. The van der Waals surface area contributed by atoms with Crippen LogP contribution in [0.25, 0.3) is 5.65 Å². The number of nitrogens with zero attached hydrogens (tertiary/aromatic N) is 3. The maximum absolute atomic E-state index is 12.6. The van der Waals surface area contributed by atoms with Gasteiger partial charge in [-0.1, -0.05) is 36.4 Å². The summed E-state index contributed by atoms with van der Waals surface area (Å²) in [6.07, 6.45) is 1.78. The van der Waals surface area contributed by atoms with Crippen LogP contribution in [0.2, 0.25) is 0 Å². The van der Waals surface area contributed by atoms with Gasteiger partial charge in [-0.3, -0.25) is 18.8 Å². The number of nitrogens with one attached hydrogen (secondary N) is 1. The number of sulfonamides is 1. The van der Waals surface area contributed by atoms with Crippen molar-refractivity contribution in [1.82, 2.24) is 14.3 Å². The lowest BCUT2D eigenvalue weighted by atomic mass is 10.2. The van der Waals surface area contributed by atoms with Crippen molar-refractivity contribution < 1.29 is 8.42 Å². The number of aryl methyl sites for hydroxylation is 1. The molecule has 0 aliphatic carbocycles. The van der Waals surface area contributed by atoms with Gasteiger partial charge in [-0.25, -0.2) is 13.4 Å². The Kier molecular flexibility index (Phi) is 6.07. The van der Waals surface area contributed by atoms with E-state index >= 15 is 0 Å². The quantitative estimate of drug-likeness (QED) is 0.468. The highest BCUT2D eigenvalue weighted by Crippen LogP contribution is 2.18. The van der Waals surface area contributed by atoms with Crippen LogP contribution >= 0.6 is 0 Å². The average Bonchev–Trinajstić information content (AvgIpc) is 2.75. The van der Waals surface area contributed by atoms with E-state index < -0.39 is 10.0 Å². The summed E-state index contributed by atoms with van der Waals surface area (Å²) < 4.78 is 29.3. The van der Waals surface area contributed by atoms with Crippen LogP contribution in [0, 0.1) is 6.92 Å². The molecule has 0 spiro atoms. The predicted octanol–water partition coefficient (Wildman–Crippen LogP) is 3.44. The van der Waals surface area contributed by atoms with E-state index in [0.717, 1.165) is 11.1 Å². The summed E-state index contributed by atoms with van der Waals surface area (Å²) in [5.74, 6) is 0. The van der Waals surface area contributed by atoms with E-state index in [4.69, 9.17) is 0 Å². The molecular weight excluding hydrogens is 424 g/mol. The zero-order chi connectivity index (χ0) is 22.7. The van der Waals surface area contributed by atoms with E-state index in [2.05, 4.69) is 9.71 Å². The number of fused-ring (bicyclic) bond motifs is 1. The highest BCUT2D eigenvalue weighted by molar-refractivity contribution is 7.92. The van der Waals surface area contributed by atoms with E-state index in [1.165, 1.54) is 0 Å². The summed E-state index contributed by atoms with van der Waals surface area (Å²) in [5.41, 5.74) is 3.62. The Balaban J connectivity index is 1.47. The van der Waals surface area contributed by atoms with Gasteiger partial charge >= 0.3 is 0 Å². The van der Waals surface area contributed by atoms with Crippen molar-refractivity contribution in [2.75, 3.05) is 11.8 Å². The third-order valence-corrected chi connectivity index (χ3v) is 6.37. The van der Waals surface area contributed by atoms with Gasteiger partial charge in [0.25, 0.3) is 15.6 Å². The first-order chi connectivity index (χ1) is 15.3. The number of pyridine rings is 1. The summed E-state index contributed by atoms with van der Waals surface area (Å²) in [6.45, 7) is 2.98. The molecule has 32 heavy (non-hydrogen) atoms. The average molecular weight is 449 g/mol. The van der Waals surface area contributed by atoms with Gasteiger partial charge in [-0.2, -0.15) is 0 Å². The Morgan fingerprint density at radius 1 is 0.969 bits per heavy atom. The van der Waals surface area contributed by atoms with Gasteiger partial charge in [0, 0.05) is 31.0 Å². The summed E-state index contributed by atoms with van der Waals surface area (Å²) in [5, 5.41) is 0. The first kappa shape index (κ1) is 21.7. The van der Waals surface area contributed by atoms with Gasteiger partial charge < -0.3 is 0 Å². The molecular formula is C24H24N4O3S. The lowest BCUT2D eigenvalue weighted by molar-refractivity contribution is 0.315. The van der Waals surface area contributed by atoms with Crippen LogP contribution in [-0.4, -0.2) is 29.8 Å². The fraction of sp³-hybridized carbons (Fsp3) is 0.167. The second-order valence-electron chi connectivity index (χ2n) is 7.81. The molecule has 0 bridgehead atoms. The van der Waals surface area contributed by atoms with Gasteiger partial charge in [-0.15, -0.1) is 0 Å². The first-order valence-electron chi connectivity index (χ1n) is 10.1. The Morgan fingerprint density at radius 2 is 1.75 bits per heavy atom. The zero-order valence-corrected chi connectivity index (χ0v) is 18.7. The Bertz CT molecular complexity index is 1420. The van der Waals surface area contributed by atoms with E-state index in [0.29, 0.717) is 30.1 Å². The molecule has 0 saturated heterocycles. The number of anilines is 1. The molecule has 0 saturated carbocycles. The number of hydrogen-bond donors (Lipinski definition) is 1. The van der Waals surface area contributed by atoms with Crippen molar-refractivity contribution in [2.24, 2.45) is 0 Å². The van der Waals surface area contributed by atoms with Crippen molar-refractivity contribution in [2.45, 2.75) is 24.9 Å². The molecule has 0 radical (unpaired) electrons. The number of benzene rings is 2. The Morgan fingerprint density at radius 3 is 2.53 bits per heavy atom. The third-order valence-electron chi connectivity index (χ3n) is 4.98. The van der Waals surface area contributed by atoms with Crippen molar-refractivity contribution in [3.05, 3.63) is 106 Å². The SMILES string of the molecule is Cc1ccc2nc(CN(C)Cc3cccc(NS(=O)(=O)c4ccccc4)c3)cc(=O)n2c1. The molecule has 164 valence electrons. The molecule has 2 aromatic carbocycles. The van der Waals surface area contributed by atoms with Gasteiger partial charge in [0.15, 0.2) is 0 Å². The van der Waals surface area contributed by atoms with Crippen molar-refractivity contribution in [3.8, 4) is 0 Å². The molecule has 1 N–H and O–H groups in total. The molecule has 0 atom stereocenters. The minimum Gasteiger partial charge on any atom is -0.296 e. The normalized spacial score (nSPS) is 11.7. The second-order valence-corrected chi connectivity index (χ2v) is 9.49. The highest BCUT2D eigenvalue weighted by atomic mass is 32.2. The molecule has 2 heterocycles. The topological polar surface area (TPSA) is 83.8 Å². The molecule has 0 aliphatic rings. The fourth-order valence-electron chi connectivity index (χ4n) is 3.53. The molecule has 8 heteroatoms. The molecule has 0 unspecified atom stereocenters. The van der Waals surface area contributed by atoms with Gasteiger partial charge in [-0.05, 0) is 55.4 Å². The zero-order valence-electron chi connectivity index (χ0n) is 17.9. The minimum absolute atomic E-state index is 0.112. The van der Waals surface area contributed by atoms with Crippen molar-refractivity contribution in [3.63, 3.8) is 0 Å². The largest absolute Gasteiger partial charge is 0.296 e. The summed E-state index contributed by atoms with van der Waals surface area (Å²) in [7, 11) is -1.72.